The van der Waals surface area contributed by atoms with Crippen LogP contribution in [0.3, 0.4) is 0 Å². The van der Waals surface area contributed by atoms with E-state index in [0.29, 0.717) is 18.0 Å². The van der Waals surface area contributed by atoms with Crippen molar-refractivity contribution in [2.45, 2.75) is 19.5 Å². The van der Waals surface area contributed by atoms with Crippen LogP contribution in [0.25, 0.3) is 0 Å². The van der Waals surface area contributed by atoms with Gasteiger partial charge in [-0.2, -0.15) is 0 Å². The molecule has 5 nitrogen and oxygen atoms in total. The van der Waals surface area contributed by atoms with Gasteiger partial charge in [0, 0.05) is 12.1 Å². The lowest BCUT2D eigenvalue weighted by Gasteiger charge is -2.23. The SMILES string of the molecule is COc1cccc(CN(C)[C@@H](C)C(N)=O)c1OC. The van der Waals surface area contributed by atoms with Gasteiger partial charge in [0.25, 0.3) is 0 Å². The van der Waals surface area contributed by atoms with Crippen molar-refractivity contribution in [3.05, 3.63) is 23.8 Å². The van der Waals surface area contributed by atoms with Gasteiger partial charge in [-0.1, -0.05) is 12.1 Å². The van der Waals surface area contributed by atoms with Crippen molar-refractivity contribution in [3.8, 4) is 11.5 Å². The molecular formula is C13H20N2O3. The van der Waals surface area contributed by atoms with E-state index in [-0.39, 0.29) is 11.9 Å². The fourth-order valence-corrected chi connectivity index (χ4v) is 1.70. The Morgan fingerprint density at radius 2 is 2.06 bits per heavy atom. The summed E-state index contributed by atoms with van der Waals surface area (Å²) in [4.78, 5) is 13.0. The fraction of sp³-hybridized carbons (Fsp3) is 0.462. The van der Waals surface area contributed by atoms with Crippen LogP contribution < -0.4 is 15.2 Å². The number of primary amides is 1. The van der Waals surface area contributed by atoms with Crippen LogP contribution in [0.1, 0.15) is 12.5 Å². The molecule has 0 aliphatic carbocycles. The van der Waals surface area contributed by atoms with Crippen molar-refractivity contribution in [1.82, 2.24) is 4.90 Å². The van der Waals surface area contributed by atoms with Gasteiger partial charge in [-0.3, -0.25) is 9.69 Å². The number of para-hydroxylation sites is 1. The van der Waals surface area contributed by atoms with Crippen molar-refractivity contribution < 1.29 is 14.3 Å². The van der Waals surface area contributed by atoms with Crippen LogP contribution in [0.15, 0.2) is 18.2 Å². The molecule has 0 heterocycles. The number of methoxy groups -OCH3 is 2. The minimum Gasteiger partial charge on any atom is -0.493 e. The molecule has 0 radical (unpaired) electrons. The van der Waals surface area contributed by atoms with E-state index in [1.165, 1.54) is 0 Å². The van der Waals surface area contributed by atoms with Gasteiger partial charge >= 0.3 is 0 Å². The van der Waals surface area contributed by atoms with Crippen LogP contribution in [0, 0.1) is 0 Å². The van der Waals surface area contributed by atoms with Crippen LogP contribution >= 0.6 is 0 Å². The number of carbonyl (C=O) groups is 1. The number of hydrogen-bond donors (Lipinski definition) is 1. The van der Waals surface area contributed by atoms with Crippen LogP contribution in [0.5, 0.6) is 11.5 Å². The molecule has 5 heteroatoms. The second-order valence-electron chi connectivity index (χ2n) is 4.15. The van der Waals surface area contributed by atoms with E-state index >= 15 is 0 Å². The van der Waals surface area contributed by atoms with Crippen LogP contribution in [-0.2, 0) is 11.3 Å². The van der Waals surface area contributed by atoms with E-state index in [2.05, 4.69) is 0 Å². The third kappa shape index (κ3) is 3.13. The number of nitrogens with two attached hydrogens (primary N) is 1. The van der Waals surface area contributed by atoms with Gasteiger partial charge in [0.15, 0.2) is 11.5 Å². The summed E-state index contributed by atoms with van der Waals surface area (Å²) in [7, 11) is 5.03. The first-order valence-electron chi connectivity index (χ1n) is 5.70. The van der Waals surface area contributed by atoms with Gasteiger partial charge in [-0.25, -0.2) is 0 Å². The first kappa shape index (κ1) is 14.3. The molecule has 100 valence electrons. The summed E-state index contributed by atoms with van der Waals surface area (Å²) in [6.07, 6.45) is 0. The molecule has 0 aliphatic heterocycles. The Bertz CT molecular complexity index is 421. The third-order valence-corrected chi connectivity index (χ3v) is 2.98. The zero-order valence-electron chi connectivity index (χ0n) is 11.3. The Morgan fingerprint density at radius 1 is 1.39 bits per heavy atom. The molecule has 1 aromatic rings. The number of nitrogens with zero attached hydrogens (tertiary/aromatic N) is 1. The van der Waals surface area contributed by atoms with E-state index in [4.69, 9.17) is 15.2 Å². The largest absolute Gasteiger partial charge is 0.493 e. The van der Waals surface area contributed by atoms with Gasteiger partial charge in [-0.15, -0.1) is 0 Å². The lowest BCUT2D eigenvalue weighted by Crippen LogP contribution is -2.39. The predicted octanol–water partition coefficient (Wildman–Crippen LogP) is 1.01. The van der Waals surface area contributed by atoms with Crippen LogP contribution in [-0.4, -0.2) is 38.1 Å². The third-order valence-electron chi connectivity index (χ3n) is 2.98. The van der Waals surface area contributed by atoms with E-state index in [0.717, 1.165) is 5.56 Å². The lowest BCUT2D eigenvalue weighted by molar-refractivity contribution is -0.122. The van der Waals surface area contributed by atoms with Crippen molar-refractivity contribution in [2.75, 3.05) is 21.3 Å². The topological polar surface area (TPSA) is 64.8 Å². The minimum absolute atomic E-state index is 0.332. The van der Waals surface area contributed by atoms with Crippen molar-refractivity contribution >= 4 is 5.91 Å². The smallest absolute Gasteiger partial charge is 0.234 e. The molecule has 18 heavy (non-hydrogen) atoms. The standard InChI is InChI=1S/C13H20N2O3/c1-9(13(14)16)15(2)8-10-6-5-7-11(17-3)12(10)18-4/h5-7,9H,8H2,1-4H3,(H2,14,16)/t9-/m0/s1. The van der Waals surface area contributed by atoms with Gasteiger partial charge in [0.05, 0.1) is 20.3 Å². The maximum Gasteiger partial charge on any atom is 0.234 e. The molecule has 0 aliphatic rings. The number of rotatable bonds is 6. The molecule has 0 aromatic heterocycles. The number of amides is 1. The quantitative estimate of drug-likeness (QED) is 0.820. The van der Waals surface area contributed by atoms with Crippen molar-refractivity contribution in [2.24, 2.45) is 5.73 Å². The number of carbonyl (C=O) groups excluding carboxylic acids is 1. The van der Waals surface area contributed by atoms with E-state index < -0.39 is 0 Å². The number of ether oxygens (including phenoxy) is 2. The molecule has 1 aromatic carbocycles. The average molecular weight is 252 g/mol. The highest BCUT2D eigenvalue weighted by Gasteiger charge is 2.17. The molecule has 1 amide bonds. The average Bonchev–Trinajstić information content (AvgIpc) is 2.37. The summed E-state index contributed by atoms with van der Waals surface area (Å²) >= 11 is 0. The van der Waals surface area contributed by atoms with E-state index in [1.807, 2.05) is 30.1 Å². The summed E-state index contributed by atoms with van der Waals surface area (Å²) in [5.74, 6) is 1.01. The Kier molecular flexibility index (Phi) is 4.97. The first-order valence-corrected chi connectivity index (χ1v) is 5.70. The first-order chi connectivity index (χ1) is 8.51. The summed E-state index contributed by atoms with van der Waals surface area (Å²) in [6.45, 7) is 2.33. The molecule has 0 bridgehead atoms. The maximum absolute atomic E-state index is 11.1. The summed E-state index contributed by atoms with van der Waals surface area (Å²) in [5, 5.41) is 0. The van der Waals surface area contributed by atoms with E-state index in [9.17, 15) is 4.79 Å². The second-order valence-corrected chi connectivity index (χ2v) is 4.15. The van der Waals surface area contributed by atoms with Gasteiger partial charge in [0.1, 0.15) is 0 Å². The Labute approximate surface area is 107 Å². The predicted molar refractivity (Wildman–Crippen MR) is 69.7 cm³/mol. The Morgan fingerprint density at radius 3 is 2.56 bits per heavy atom. The normalized spacial score (nSPS) is 12.3. The van der Waals surface area contributed by atoms with Gasteiger partial charge in [0.2, 0.25) is 5.91 Å². The molecule has 0 saturated heterocycles. The maximum atomic E-state index is 11.1. The molecule has 0 unspecified atom stereocenters. The molecular weight excluding hydrogens is 232 g/mol. The molecule has 0 saturated carbocycles. The molecule has 1 atom stereocenters. The number of hydrogen-bond acceptors (Lipinski definition) is 4. The van der Waals surface area contributed by atoms with Gasteiger partial charge < -0.3 is 15.2 Å². The molecule has 2 N–H and O–H groups in total. The number of benzene rings is 1. The van der Waals surface area contributed by atoms with Crippen LogP contribution in [0.2, 0.25) is 0 Å². The Balaban J connectivity index is 2.93. The number of likely N-dealkylation sites (N-methyl/N-ethyl adjacent to an activating group) is 1. The summed E-state index contributed by atoms with van der Waals surface area (Å²) in [5.41, 5.74) is 6.23. The highest BCUT2D eigenvalue weighted by Crippen LogP contribution is 2.31. The lowest BCUT2D eigenvalue weighted by atomic mass is 10.1. The molecule has 0 spiro atoms. The zero-order chi connectivity index (χ0) is 13.7. The van der Waals surface area contributed by atoms with Crippen molar-refractivity contribution in [3.63, 3.8) is 0 Å². The fourth-order valence-electron chi connectivity index (χ4n) is 1.70. The highest BCUT2D eigenvalue weighted by atomic mass is 16.5. The highest BCUT2D eigenvalue weighted by molar-refractivity contribution is 5.79. The minimum atomic E-state index is -0.348. The Hall–Kier alpha value is -1.75. The summed E-state index contributed by atoms with van der Waals surface area (Å²) in [6, 6.07) is 5.33. The van der Waals surface area contributed by atoms with E-state index in [1.54, 1.807) is 21.1 Å². The summed E-state index contributed by atoms with van der Waals surface area (Å²) < 4.78 is 10.6. The van der Waals surface area contributed by atoms with Crippen molar-refractivity contribution in [1.29, 1.82) is 0 Å². The monoisotopic (exact) mass is 252 g/mol. The molecule has 1 rings (SSSR count). The van der Waals surface area contributed by atoms with Gasteiger partial charge in [-0.05, 0) is 20.0 Å². The second kappa shape index (κ2) is 6.26. The zero-order valence-corrected chi connectivity index (χ0v) is 11.3. The van der Waals surface area contributed by atoms with Crippen LogP contribution in [0.4, 0.5) is 0 Å². The molecule has 0 fully saturated rings.